The van der Waals surface area contributed by atoms with Gasteiger partial charge in [0.15, 0.2) is 5.79 Å². The summed E-state index contributed by atoms with van der Waals surface area (Å²) in [6.07, 6.45) is -1.82. The van der Waals surface area contributed by atoms with E-state index in [1.165, 1.54) is 0 Å². The van der Waals surface area contributed by atoms with E-state index in [9.17, 15) is 19.8 Å². The summed E-state index contributed by atoms with van der Waals surface area (Å²) in [5, 5.41) is 21.3. The molecule has 7 heteroatoms. The number of fused-ring (bicyclic) bond motifs is 3. The fraction of sp³-hybridized carbons (Fsp3) is 0.789. The molecule has 3 aliphatic heterocycles. The fourth-order valence-electron chi connectivity index (χ4n) is 4.42. The van der Waals surface area contributed by atoms with Gasteiger partial charge in [-0.15, -0.1) is 0 Å². The Bertz CT molecular complexity index is 629. The van der Waals surface area contributed by atoms with Gasteiger partial charge in [-0.05, 0) is 12.8 Å². The third-order valence-corrected chi connectivity index (χ3v) is 5.85. The quantitative estimate of drug-likeness (QED) is 0.560. The molecule has 0 amide bonds. The van der Waals surface area contributed by atoms with E-state index in [4.69, 9.17) is 14.2 Å². The highest BCUT2D eigenvalue weighted by atomic mass is 16.7. The summed E-state index contributed by atoms with van der Waals surface area (Å²) in [6, 6.07) is 0. The van der Waals surface area contributed by atoms with Crippen molar-refractivity contribution in [2.24, 2.45) is 17.8 Å². The van der Waals surface area contributed by atoms with E-state index in [2.05, 4.69) is 6.58 Å². The number of carbonyl (C=O) groups is 2. The first kappa shape index (κ1) is 19.3. The Morgan fingerprint density at radius 2 is 2.00 bits per heavy atom. The average Bonchev–Trinajstić information content (AvgIpc) is 2.92. The van der Waals surface area contributed by atoms with Crippen molar-refractivity contribution in [1.29, 1.82) is 0 Å². The molecule has 0 aromatic heterocycles. The molecule has 3 saturated heterocycles. The average molecular weight is 368 g/mol. The predicted molar refractivity (Wildman–Crippen MR) is 90.7 cm³/mol. The number of hydrogen-bond donors (Lipinski definition) is 2. The lowest BCUT2D eigenvalue weighted by Crippen LogP contribution is -2.45. The van der Waals surface area contributed by atoms with Crippen molar-refractivity contribution in [2.75, 3.05) is 0 Å². The minimum absolute atomic E-state index is 0.0605. The van der Waals surface area contributed by atoms with E-state index in [0.29, 0.717) is 0 Å². The zero-order valence-electron chi connectivity index (χ0n) is 15.7. The highest BCUT2D eigenvalue weighted by Crippen LogP contribution is 2.49. The van der Waals surface area contributed by atoms with Crippen molar-refractivity contribution in [2.45, 2.75) is 76.7 Å². The first-order valence-electron chi connectivity index (χ1n) is 9.16. The van der Waals surface area contributed by atoms with Crippen LogP contribution in [0.15, 0.2) is 12.2 Å². The maximum Gasteiger partial charge on any atom is 0.334 e. The van der Waals surface area contributed by atoms with Crippen LogP contribution in [0.3, 0.4) is 0 Å². The molecular weight excluding hydrogens is 340 g/mol. The SMILES string of the molecule is C=C1C(=O)O[C@H]2[C@H]1[C@H](OC(=O)C(C)C)C[C@]1(C)O[C@](O)(C[C@H]2C)C[C@@H]1O. The van der Waals surface area contributed by atoms with Gasteiger partial charge >= 0.3 is 11.9 Å². The van der Waals surface area contributed by atoms with Crippen LogP contribution in [0, 0.1) is 17.8 Å². The molecule has 0 radical (unpaired) electrons. The van der Waals surface area contributed by atoms with Crippen LogP contribution < -0.4 is 0 Å². The maximum absolute atomic E-state index is 12.3. The van der Waals surface area contributed by atoms with Gasteiger partial charge in [-0.1, -0.05) is 27.4 Å². The van der Waals surface area contributed by atoms with Gasteiger partial charge in [-0.3, -0.25) is 4.79 Å². The van der Waals surface area contributed by atoms with Crippen molar-refractivity contribution in [3.8, 4) is 0 Å². The highest BCUT2D eigenvalue weighted by Gasteiger charge is 2.59. The maximum atomic E-state index is 12.3. The van der Waals surface area contributed by atoms with Crippen molar-refractivity contribution < 1.29 is 34.0 Å². The van der Waals surface area contributed by atoms with Gasteiger partial charge in [0.2, 0.25) is 0 Å². The summed E-state index contributed by atoms with van der Waals surface area (Å²) in [5.74, 6) is -3.56. The molecule has 7 atom stereocenters. The first-order chi connectivity index (χ1) is 12.0. The minimum Gasteiger partial charge on any atom is -0.461 e. The molecule has 2 N–H and O–H groups in total. The van der Waals surface area contributed by atoms with Crippen LogP contribution >= 0.6 is 0 Å². The topological polar surface area (TPSA) is 102 Å². The molecule has 0 aromatic carbocycles. The molecule has 0 spiro atoms. The fourth-order valence-corrected chi connectivity index (χ4v) is 4.42. The summed E-state index contributed by atoms with van der Waals surface area (Å²) in [5.41, 5.74) is -0.844. The lowest BCUT2D eigenvalue weighted by molar-refractivity contribution is -0.235. The summed E-state index contributed by atoms with van der Waals surface area (Å²) in [6.45, 7) is 10.8. The number of carbonyl (C=O) groups excluding carboxylic acids is 2. The predicted octanol–water partition coefficient (Wildman–Crippen LogP) is 1.31. The van der Waals surface area contributed by atoms with Gasteiger partial charge in [0.05, 0.1) is 23.5 Å². The van der Waals surface area contributed by atoms with E-state index in [0.717, 1.165) is 0 Å². The normalized spacial score (nSPS) is 45.6. The Labute approximate surface area is 153 Å². The number of hydrogen-bond acceptors (Lipinski definition) is 7. The van der Waals surface area contributed by atoms with Crippen molar-refractivity contribution in [1.82, 2.24) is 0 Å². The van der Waals surface area contributed by atoms with E-state index in [-0.39, 0.29) is 36.7 Å². The second-order valence-corrected chi connectivity index (χ2v) is 8.52. The molecular formula is C19H28O7. The standard InChI is InChI=1S/C19H28O7/c1-9(2)16(21)24-12-7-18(5)13(20)8-19(23,26-18)6-10(3)15-14(12)11(4)17(22)25-15/h9-10,12-15,20,23H,4,6-8H2,1-3,5H3/t10-,12-,13+,14-,15-,18+,19-/m1/s1. The number of aliphatic hydroxyl groups is 2. The van der Waals surface area contributed by atoms with Crippen LogP contribution in [-0.2, 0) is 23.8 Å². The van der Waals surface area contributed by atoms with E-state index in [1.807, 2.05) is 6.92 Å². The summed E-state index contributed by atoms with van der Waals surface area (Å²) in [4.78, 5) is 24.4. The first-order valence-corrected chi connectivity index (χ1v) is 9.16. The van der Waals surface area contributed by atoms with Gasteiger partial charge in [0.1, 0.15) is 12.2 Å². The second-order valence-electron chi connectivity index (χ2n) is 8.52. The Morgan fingerprint density at radius 1 is 1.35 bits per heavy atom. The Morgan fingerprint density at radius 3 is 2.62 bits per heavy atom. The van der Waals surface area contributed by atoms with Gasteiger partial charge in [0, 0.05) is 24.8 Å². The molecule has 7 nitrogen and oxygen atoms in total. The minimum atomic E-state index is -1.51. The molecule has 0 aliphatic carbocycles. The number of rotatable bonds is 2. The van der Waals surface area contributed by atoms with Gasteiger partial charge in [-0.2, -0.15) is 0 Å². The Kier molecular flexibility index (Phi) is 4.70. The third kappa shape index (κ3) is 3.17. The van der Waals surface area contributed by atoms with Gasteiger partial charge in [0.25, 0.3) is 0 Å². The Hall–Kier alpha value is -1.44. The molecule has 3 heterocycles. The monoisotopic (exact) mass is 368 g/mol. The molecule has 146 valence electrons. The van der Waals surface area contributed by atoms with Crippen LogP contribution in [0.1, 0.15) is 47.0 Å². The largest absolute Gasteiger partial charge is 0.461 e. The van der Waals surface area contributed by atoms with E-state index < -0.39 is 47.6 Å². The Balaban J connectivity index is 2.02. The van der Waals surface area contributed by atoms with Crippen LogP contribution in [0.2, 0.25) is 0 Å². The van der Waals surface area contributed by atoms with Gasteiger partial charge in [-0.25, -0.2) is 4.79 Å². The van der Waals surface area contributed by atoms with Crippen molar-refractivity contribution >= 4 is 11.9 Å². The van der Waals surface area contributed by atoms with Crippen LogP contribution in [-0.4, -0.2) is 51.9 Å². The van der Waals surface area contributed by atoms with Crippen LogP contribution in [0.25, 0.3) is 0 Å². The summed E-state index contributed by atoms with van der Waals surface area (Å²) < 4.78 is 17.1. The zero-order valence-corrected chi connectivity index (χ0v) is 15.7. The number of esters is 2. The highest BCUT2D eigenvalue weighted by molar-refractivity contribution is 5.91. The molecule has 3 rings (SSSR count). The molecule has 2 bridgehead atoms. The molecule has 3 aliphatic rings. The lowest BCUT2D eigenvalue weighted by atomic mass is 9.77. The number of ether oxygens (including phenoxy) is 3. The molecule has 26 heavy (non-hydrogen) atoms. The van der Waals surface area contributed by atoms with E-state index in [1.54, 1.807) is 20.8 Å². The number of aliphatic hydroxyl groups excluding tert-OH is 1. The van der Waals surface area contributed by atoms with Crippen molar-refractivity contribution in [3.63, 3.8) is 0 Å². The van der Waals surface area contributed by atoms with E-state index >= 15 is 0 Å². The zero-order chi connectivity index (χ0) is 19.4. The summed E-state index contributed by atoms with van der Waals surface area (Å²) in [7, 11) is 0. The smallest absolute Gasteiger partial charge is 0.334 e. The van der Waals surface area contributed by atoms with Crippen LogP contribution in [0.4, 0.5) is 0 Å². The van der Waals surface area contributed by atoms with Gasteiger partial charge < -0.3 is 24.4 Å². The molecule has 3 fully saturated rings. The second kappa shape index (κ2) is 6.32. The molecule has 0 aromatic rings. The van der Waals surface area contributed by atoms with Crippen molar-refractivity contribution in [3.05, 3.63) is 12.2 Å². The molecule has 0 saturated carbocycles. The lowest BCUT2D eigenvalue weighted by Gasteiger charge is -2.35. The molecule has 0 unspecified atom stereocenters. The third-order valence-electron chi connectivity index (χ3n) is 5.85. The summed E-state index contributed by atoms with van der Waals surface area (Å²) >= 11 is 0. The van der Waals surface area contributed by atoms with Crippen LogP contribution in [0.5, 0.6) is 0 Å².